The van der Waals surface area contributed by atoms with Gasteiger partial charge in [-0.3, -0.25) is 0 Å². The Labute approximate surface area is 124 Å². The van der Waals surface area contributed by atoms with Gasteiger partial charge in [0.05, 0.1) is 11.4 Å². The average Bonchev–Trinajstić information content (AvgIpc) is 2.80. The van der Waals surface area contributed by atoms with Crippen molar-refractivity contribution < 1.29 is 8.78 Å². The second-order valence-corrected chi connectivity index (χ2v) is 4.95. The van der Waals surface area contributed by atoms with Gasteiger partial charge >= 0.3 is 0 Å². The third-order valence-corrected chi connectivity index (χ3v) is 3.24. The third-order valence-electron chi connectivity index (χ3n) is 2.99. The molecule has 0 spiro atoms. The second kappa shape index (κ2) is 5.18. The standard InChI is InChI=1S/C15H10ClF2N3/c16-10-3-1-8(2-4-10)13-14(21-15(19)20-13)9-5-11(17)7-12(18)6-9/h1-7H,(H3,19,20,21). The van der Waals surface area contributed by atoms with Crippen LogP contribution in [0.1, 0.15) is 0 Å². The maximum Gasteiger partial charge on any atom is 0.198 e. The van der Waals surface area contributed by atoms with Gasteiger partial charge in [-0.15, -0.1) is 0 Å². The molecule has 0 saturated carbocycles. The highest BCUT2D eigenvalue weighted by atomic mass is 35.5. The van der Waals surface area contributed by atoms with E-state index in [9.17, 15) is 8.78 Å². The molecule has 6 heteroatoms. The molecule has 0 amide bonds. The molecular formula is C15H10ClF2N3. The van der Waals surface area contributed by atoms with Gasteiger partial charge in [0.1, 0.15) is 11.6 Å². The minimum Gasteiger partial charge on any atom is -0.369 e. The lowest BCUT2D eigenvalue weighted by Gasteiger charge is -2.04. The quantitative estimate of drug-likeness (QED) is 0.743. The van der Waals surface area contributed by atoms with E-state index in [0.29, 0.717) is 22.0 Å². The molecule has 0 fully saturated rings. The summed E-state index contributed by atoms with van der Waals surface area (Å²) in [5.41, 5.74) is 7.72. The Morgan fingerprint density at radius 1 is 0.952 bits per heavy atom. The number of hydrogen-bond donors (Lipinski definition) is 2. The van der Waals surface area contributed by atoms with Crippen molar-refractivity contribution in [1.29, 1.82) is 0 Å². The molecule has 3 nitrogen and oxygen atoms in total. The zero-order valence-electron chi connectivity index (χ0n) is 10.7. The van der Waals surface area contributed by atoms with Crippen molar-refractivity contribution in [3.05, 3.63) is 59.1 Å². The van der Waals surface area contributed by atoms with Gasteiger partial charge in [0.15, 0.2) is 5.95 Å². The molecule has 3 aromatic rings. The van der Waals surface area contributed by atoms with Crippen molar-refractivity contribution in [2.45, 2.75) is 0 Å². The van der Waals surface area contributed by atoms with Crippen molar-refractivity contribution in [2.75, 3.05) is 5.73 Å². The molecule has 0 atom stereocenters. The summed E-state index contributed by atoms with van der Waals surface area (Å²) in [6.07, 6.45) is 0. The van der Waals surface area contributed by atoms with Crippen LogP contribution in [0.25, 0.3) is 22.5 Å². The predicted molar refractivity (Wildman–Crippen MR) is 78.8 cm³/mol. The summed E-state index contributed by atoms with van der Waals surface area (Å²) in [7, 11) is 0. The second-order valence-electron chi connectivity index (χ2n) is 4.51. The first kappa shape index (κ1) is 13.6. The summed E-state index contributed by atoms with van der Waals surface area (Å²) in [5, 5.41) is 0.584. The number of halogens is 3. The van der Waals surface area contributed by atoms with E-state index in [4.69, 9.17) is 17.3 Å². The van der Waals surface area contributed by atoms with E-state index in [2.05, 4.69) is 9.97 Å². The maximum atomic E-state index is 13.4. The predicted octanol–water partition coefficient (Wildman–Crippen LogP) is 4.26. The number of nitrogen functional groups attached to an aromatic ring is 1. The van der Waals surface area contributed by atoms with Crippen LogP contribution in [-0.2, 0) is 0 Å². The highest BCUT2D eigenvalue weighted by Crippen LogP contribution is 2.32. The molecule has 2 aromatic carbocycles. The number of aromatic amines is 1. The van der Waals surface area contributed by atoms with Crippen LogP contribution in [-0.4, -0.2) is 9.97 Å². The van der Waals surface area contributed by atoms with Gasteiger partial charge in [-0.2, -0.15) is 0 Å². The fraction of sp³-hybridized carbons (Fsp3) is 0. The molecule has 3 N–H and O–H groups in total. The van der Waals surface area contributed by atoms with Crippen LogP contribution in [0.15, 0.2) is 42.5 Å². The van der Waals surface area contributed by atoms with Gasteiger partial charge in [0, 0.05) is 22.2 Å². The van der Waals surface area contributed by atoms with Gasteiger partial charge in [-0.25, -0.2) is 13.8 Å². The van der Waals surface area contributed by atoms with Crippen LogP contribution in [0.5, 0.6) is 0 Å². The van der Waals surface area contributed by atoms with Crippen molar-refractivity contribution in [3.8, 4) is 22.5 Å². The molecule has 21 heavy (non-hydrogen) atoms. The fourth-order valence-electron chi connectivity index (χ4n) is 2.12. The monoisotopic (exact) mass is 305 g/mol. The molecule has 0 unspecified atom stereocenters. The van der Waals surface area contributed by atoms with E-state index in [-0.39, 0.29) is 5.95 Å². The van der Waals surface area contributed by atoms with Crippen molar-refractivity contribution in [3.63, 3.8) is 0 Å². The Hall–Kier alpha value is -2.40. The zero-order valence-corrected chi connectivity index (χ0v) is 11.5. The molecule has 1 aromatic heterocycles. The summed E-state index contributed by atoms with van der Waals surface area (Å²) >= 11 is 5.85. The zero-order chi connectivity index (χ0) is 15.0. The molecule has 1 heterocycles. The Bertz CT molecular complexity index is 777. The number of anilines is 1. The number of aromatic nitrogens is 2. The molecule has 0 aliphatic heterocycles. The number of hydrogen-bond acceptors (Lipinski definition) is 2. The molecule has 3 rings (SSSR count). The number of nitrogens with two attached hydrogens (primary N) is 1. The number of benzene rings is 2. The van der Waals surface area contributed by atoms with Crippen LogP contribution in [0.3, 0.4) is 0 Å². The lowest BCUT2D eigenvalue weighted by atomic mass is 10.0. The highest BCUT2D eigenvalue weighted by Gasteiger charge is 2.14. The first-order chi connectivity index (χ1) is 10.0. The minimum absolute atomic E-state index is 0.166. The van der Waals surface area contributed by atoms with Crippen LogP contribution < -0.4 is 5.73 Å². The Kier molecular flexibility index (Phi) is 3.35. The number of imidazole rings is 1. The minimum atomic E-state index is -0.666. The van der Waals surface area contributed by atoms with E-state index in [1.54, 1.807) is 24.3 Å². The largest absolute Gasteiger partial charge is 0.369 e. The lowest BCUT2D eigenvalue weighted by Crippen LogP contribution is -1.88. The summed E-state index contributed by atoms with van der Waals surface area (Å²) < 4.78 is 26.8. The normalized spacial score (nSPS) is 10.8. The summed E-state index contributed by atoms with van der Waals surface area (Å²) in [6.45, 7) is 0. The van der Waals surface area contributed by atoms with E-state index >= 15 is 0 Å². The van der Waals surface area contributed by atoms with E-state index in [1.165, 1.54) is 12.1 Å². The van der Waals surface area contributed by atoms with Crippen LogP contribution >= 0.6 is 11.6 Å². The fourth-order valence-corrected chi connectivity index (χ4v) is 2.24. The van der Waals surface area contributed by atoms with Crippen LogP contribution in [0, 0.1) is 11.6 Å². The van der Waals surface area contributed by atoms with E-state index in [1.807, 2.05) is 0 Å². The molecule has 0 aliphatic rings. The van der Waals surface area contributed by atoms with Gasteiger partial charge in [0.25, 0.3) is 0 Å². The van der Waals surface area contributed by atoms with Gasteiger partial charge in [-0.05, 0) is 24.3 Å². The van der Waals surface area contributed by atoms with Crippen molar-refractivity contribution >= 4 is 17.5 Å². The van der Waals surface area contributed by atoms with Crippen molar-refractivity contribution in [2.24, 2.45) is 0 Å². The first-order valence-electron chi connectivity index (χ1n) is 6.11. The van der Waals surface area contributed by atoms with Gasteiger partial charge in [-0.1, -0.05) is 23.7 Å². The maximum absolute atomic E-state index is 13.4. The molecule has 0 radical (unpaired) electrons. The average molecular weight is 306 g/mol. The van der Waals surface area contributed by atoms with Gasteiger partial charge in [0.2, 0.25) is 0 Å². The molecular weight excluding hydrogens is 296 g/mol. The van der Waals surface area contributed by atoms with Crippen LogP contribution in [0.2, 0.25) is 5.02 Å². The third kappa shape index (κ3) is 2.73. The van der Waals surface area contributed by atoms with E-state index < -0.39 is 11.6 Å². The molecule has 0 bridgehead atoms. The van der Waals surface area contributed by atoms with Crippen molar-refractivity contribution in [1.82, 2.24) is 9.97 Å². The Morgan fingerprint density at radius 3 is 2.19 bits per heavy atom. The Balaban J connectivity index is 2.17. The number of nitrogens with zero attached hydrogens (tertiary/aromatic N) is 1. The smallest absolute Gasteiger partial charge is 0.198 e. The summed E-state index contributed by atoms with van der Waals surface area (Å²) in [5.74, 6) is -1.17. The summed E-state index contributed by atoms with van der Waals surface area (Å²) in [6, 6.07) is 10.2. The lowest BCUT2D eigenvalue weighted by molar-refractivity contribution is 0.584. The van der Waals surface area contributed by atoms with Crippen LogP contribution in [0.4, 0.5) is 14.7 Å². The highest BCUT2D eigenvalue weighted by molar-refractivity contribution is 6.30. The molecule has 106 valence electrons. The number of nitrogens with one attached hydrogen (secondary N) is 1. The molecule has 0 saturated heterocycles. The Morgan fingerprint density at radius 2 is 1.57 bits per heavy atom. The molecule has 0 aliphatic carbocycles. The van der Waals surface area contributed by atoms with Gasteiger partial charge < -0.3 is 10.7 Å². The number of rotatable bonds is 2. The summed E-state index contributed by atoms with van der Waals surface area (Å²) in [4.78, 5) is 7.01. The SMILES string of the molecule is Nc1nc(-c2ccc(Cl)cc2)c(-c2cc(F)cc(F)c2)[nH]1. The topological polar surface area (TPSA) is 54.7 Å². The number of H-pyrrole nitrogens is 1. The van der Waals surface area contributed by atoms with E-state index in [0.717, 1.165) is 11.6 Å². The first-order valence-corrected chi connectivity index (χ1v) is 6.48.